The Kier molecular flexibility index (Phi) is 9.58. The summed E-state index contributed by atoms with van der Waals surface area (Å²) in [6.45, 7) is 7.57. The van der Waals surface area contributed by atoms with Crippen molar-refractivity contribution in [3.8, 4) is 11.5 Å². The van der Waals surface area contributed by atoms with E-state index in [4.69, 9.17) is 28.4 Å². The molecule has 8 heteroatoms. The highest BCUT2D eigenvalue weighted by Crippen LogP contribution is 2.28. The highest BCUT2D eigenvalue weighted by Gasteiger charge is 2.07. The van der Waals surface area contributed by atoms with Crippen LogP contribution in [0.2, 0.25) is 0 Å². The lowest BCUT2D eigenvalue weighted by molar-refractivity contribution is 0.0527. The Bertz CT molecular complexity index is 861. The largest absolute Gasteiger partial charge is 0.508 e. The second kappa shape index (κ2) is 12.7. The molecule has 0 fully saturated rings. The van der Waals surface area contributed by atoms with E-state index < -0.39 is 12.3 Å². The standard InChI is InChI=1S/C22H24O8/c1-3-10-27-21(23)29-14-12-25-18-8-9-19-17(16-18)6-5-7-20(19)26-13-15-30-22(24)28-11-4-2/h3-9,16H,1-2,10-15H2. The van der Waals surface area contributed by atoms with Crippen molar-refractivity contribution in [1.82, 2.24) is 0 Å². The van der Waals surface area contributed by atoms with Gasteiger partial charge in [0.25, 0.3) is 0 Å². The van der Waals surface area contributed by atoms with E-state index >= 15 is 0 Å². The number of carbonyl (C=O) groups excluding carboxylic acids is 2. The number of benzene rings is 2. The molecule has 0 atom stereocenters. The van der Waals surface area contributed by atoms with Gasteiger partial charge in [-0.05, 0) is 29.7 Å². The summed E-state index contributed by atoms with van der Waals surface area (Å²) in [4.78, 5) is 22.5. The third-order valence-electron chi connectivity index (χ3n) is 3.58. The van der Waals surface area contributed by atoms with Gasteiger partial charge in [0.2, 0.25) is 0 Å². The van der Waals surface area contributed by atoms with Crippen LogP contribution in [-0.4, -0.2) is 52.0 Å². The van der Waals surface area contributed by atoms with Gasteiger partial charge in [-0.3, -0.25) is 0 Å². The number of hydrogen-bond donors (Lipinski definition) is 0. The molecule has 0 saturated carbocycles. The van der Waals surface area contributed by atoms with Crippen LogP contribution in [0.1, 0.15) is 0 Å². The van der Waals surface area contributed by atoms with Gasteiger partial charge in [-0.2, -0.15) is 0 Å². The quantitative estimate of drug-likeness (QED) is 0.288. The van der Waals surface area contributed by atoms with Gasteiger partial charge >= 0.3 is 12.3 Å². The first-order chi connectivity index (χ1) is 14.6. The van der Waals surface area contributed by atoms with Crippen LogP contribution < -0.4 is 9.47 Å². The molecule has 30 heavy (non-hydrogen) atoms. The van der Waals surface area contributed by atoms with Gasteiger partial charge in [-0.25, -0.2) is 9.59 Å². The van der Waals surface area contributed by atoms with Gasteiger partial charge in [0.1, 0.15) is 51.1 Å². The zero-order chi connectivity index (χ0) is 21.6. The van der Waals surface area contributed by atoms with Gasteiger partial charge in [-0.15, -0.1) is 0 Å². The van der Waals surface area contributed by atoms with Crippen LogP contribution in [0.25, 0.3) is 10.8 Å². The predicted molar refractivity (Wildman–Crippen MR) is 110 cm³/mol. The molecule has 0 heterocycles. The van der Waals surface area contributed by atoms with Crippen molar-refractivity contribution in [1.29, 1.82) is 0 Å². The number of carbonyl (C=O) groups is 2. The van der Waals surface area contributed by atoms with Gasteiger partial charge in [0, 0.05) is 5.39 Å². The molecule has 0 N–H and O–H groups in total. The lowest BCUT2D eigenvalue weighted by Crippen LogP contribution is -2.13. The lowest BCUT2D eigenvalue weighted by atomic mass is 10.1. The molecule has 0 aliphatic rings. The summed E-state index contributed by atoms with van der Waals surface area (Å²) in [6, 6.07) is 11.1. The van der Waals surface area contributed by atoms with E-state index in [1.54, 1.807) is 6.07 Å². The Labute approximate surface area is 174 Å². The molecule has 0 aliphatic carbocycles. The van der Waals surface area contributed by atoms with Crippen molar-refractivity contribution in [2.24, 2.45) is 0 Å². The fourth-order valence-corrected chi connectivity index (χ4v) is 2.35. The minimum absolute atomic E-state index is 0.0583. The van der Waals surface area contributed by atoms with Crippen LogP contribution >= 0.6 is 0 Å². The Morgan fingerprint density at radius 1 is 0.767 bits per heavy atom. The van der Waals surface area contributed by atoms with E-state index in [9.17, 15) is 9.59 Å². The lowest BCUT2D eigenvalue weighted by Gasteiger charge is -2.11. The molecule has 2 aromatic carbocycles. The third kappa shape index (κ3) is 7.75. The Morgan fingerprint density at radius 2 is 1.40 bits per heavy atom. The maximum Gasteiger partial charge on any atom is 0.508 e. The Morgan fingerprint density at radius 3 is 2.03 bits per heavy atom. The molecule has 160 valence electrons. The number of fused-ring (bicyclic) bond motifs is 1. The maximum atomic E-state index is 11.3. The first-order valence-electron chi connectivity index (χ1n) is 9.23. The third-order valence-corrected chi connectivity index (χ3v) is 3.58. The second-order valence-electron chi connectivity index (χ2n) is 5.73. The minimum atomic E-state index is -0.767. The molecule has 0 aliphatic heterocycles. The summed E-state index contributed by atoms with van der Waals surface area (Å²) < 4.78 is 30.4. The molecule has 0 aromatic heterocycles. The summed E-state index contributed by atoms with van der Waals surface area (Å²) in [5.74, 6) is 1.27. The number of ether oxygens (including phenoxy) is 6. The molecule has 0 spiro atoms. The molecule has 2 rings (SSSR count). The molecular weight excluding hydrogens is 392 g/mol. The normalized spacial score (nSPS) is 10.0. The summed E-state index contributed by atoms with van der Waals surface area (Å²) >= 11 is 0. The van der Waals surface area contributed by atoms with Crippen LogP contribution in [0, 0.1) is 0 Å². The van der Waals surface area contributed by atoms with Gasteiger partial charge in [0.05, 0.1) is 0 Å². The summed E-state index contributed by atoms with van der Waals surface area (Å²) in [7, 11) is 0. The smallest absolute Gasteiger partial charge is 0.490 e. The van der Waals surface area contributed by atoms with Gasteiger partial charge in [0.15, 0.2) is 0 Å². The minimum Gasteiger partial charge on any atom is -0.490 e. The van der Waals surface area contributed by atoms with Crippen molar-refractivity contribution in [2.45, 2.75) is 0 Å². The van der Waals surface area contributed by atoms with Crippen molar-refractivity contribution < 1.29 is 38.0 Å². The molecule has 0 radical (unpaired) electrons. The zero-order valence-corrected chi connectivity index (χ0v) is 16.5. The Balaban J connectivity index is 1.81. The average molecular weight is 416 g/mol. The first-order valence-corrected chi connectivity index (χ1v) is 9.23. The molecule has 2 aromatic rings. The molecule has 8 nitrogen and oxygen atoms in total. The highest BCUT2D eigenvalue weighted by molar-refractivity contribution is 5.89. The van der Waals surface area contributed by atoms with E-state index in [1.807, 2.05) is 30.3 Å². The van der Waals surface area contributed by atoms with Gasteiger partial charge in [-0.1, -0.05) is 37.4 Å². The van der Waals surface area contributed by atoms with E-state index in [1.165, 1.54) is 12.2 Å². The molecule has 0 bridgehead atoms. The van der Waals surface area contributed by atoms with Crippen molar-refractivity contribution >= 4 is 23.1 Å². The van der Waals surface area contributed by atoms with E-state index in [0.29, 0.717) is 11.5 Å². The summed E-state index contributed by atoms with van der Waals surface area (Å²) in [5.41, 5.74) is 0. The topological polar surface area (TPSA) is 89.5 Å². The van der Waals surface area contributed by atoms with Crippen molar-refractivity contribution in [3.63, 3.8) is 0 Å². The Hall–Kier alpha value is -3.68. The van der Waals surface area contributed by atoms with E-state index in [0.717, 1.165) is 10.8 Å². The molecule has 0 saturated heterocycles. The average Bonchev–Trinajstić information content (AvgIpc) is 2.76. The van der Waals surface area contributed by atoms with Gasteiger partial charge < -0.3 is 28.4 Å². The van der Waals surface area contributed by atoms with Crippen molar-refractivity contribution in [2.75, 3.05) is 39.6 Å². The zero-order valence-electron chi connectivity index (χ0n) is 16.5. The van der Waals surface area contributed by atoms with Crippen LogP contribution in [0.15, 0.2) is 61.7 Å². The molecular formula is C22H24O8. The monoisotopic (exact) mass is 416 g/mol. The second-order valence-corrected chi connectivity index (χ2v) is 5.73. The predicted octanol–water partition coefficient (Wildman–Crippen LogP) is 4.28. The van der Waals surface area contributed by atoms with Crippen LogP contribution in [-0.2, 0) is 18.9 Å². The molecule has 0 amide bonds. The van der Waals surface area contributed by atoms with Crippen LogP contribution in [0.5, 0.6) is 11.5 Å². The maximum absolute atomic E-state index is 11.3. The number of rotatable bonds is 12. The van der Waals surface area contributed by atoms with Crippen molar-refractivity contribution in [3.05, 3.63) is 61.7 Å². The summed E-state index contributed by atoms with van der Waals surface area (Å²) in [6.07, 6.45) is 1.38. The number of hydrogen-bond acceptors (Lipinski definition) is 8. The summed E-state index contributed by atoms with van der Waals surface area (Å²) in [5, 5.41) is 1.78. The molecule has 0 unspecified atom stereocenters. The fraction of sp³-hybridized carbons (Fsp3) is 0.273. The SMILES string of the molecule is C=CCOC(=O)OCCOc1ccc2c(OCCOC(=O)OCC=C)cccc2c1. The van der Waals surface area contributed by atoms with Crippen LogP contribution in [0.3, 0.4) is 0 Å². The van der Waals surface area contributed by atoms with E-state index in [-0.39, 0.29) is 39.6 Å². The first kappa shape index (κ1) is 22.6. The van der Waals surface area contributed by atoms with Crippen LogP contribution in [0.4, 0.5) is 9.59 Å². The van der Waals surface area contributed by atoms with E-state index in [2.05, 4.69) is 13.2 Å². The fourth-order valence-electron chi connectivity index (χ4n) is 2.35. The highest BCUT2D eigenvalue weighted by atomic mass is 16.7.